The van der Waals surface area contributed by atoms with E-state index in [1.165, 1.54) is 22.9 Å². The predicted molar refractivity (Wildman–Crippen MR) is 89.3 cm³/mol. The molecule has 0 amide bonds. The number of nitrogens with two attached hydrogens (primary N) is 1. The van der Waals surface area contributed by atoms with Gasteiger partial charge in [0.1, 0.15) is 11.6 Å². The number of hydrogen-bond donors (Lipinski definition) is 1. The van der Waals surface area contributed by atoms with E-state index >= 15 is 0 Å². The maximum atomic E-state index is 5.72. The Kier molecular flexibility index (Phi) is 4.24. The van der Waals surface area contributed by atoms with Gasteiger partial charge in [0.15, 0.2) is 0 Å². The van der Waals surface area contributed by atoms with Crippen molar-refractivity contribution >= 4 is 17.6 Å². The SMILES string of the molecule is Cc1ccc(-n2nnnc2S[C@@H](C)c2nccc(N)n2)cc1C. The van der Waals surface area contributed by atoms with Gasteiger partial charge >= 0.3 is 0 Å². The van der Waals surface area contributed by atoms with Gasteiger partial charge in [-0.15, -0.1) is 5.10 Å². The normalized spacial score (nSPS) is 12.3. The minimum atomic E-state index is -0.0187. The van der Waals surface area contributed by atoms with Crippen molar-refractivity contribution in [3.8, 4) is 5.69 Å². The summed E-state index contributed by atoms with van der Waals surface area (Å²) in [4.78, 5) is 8.51. The molecule has 0 aliphatic heterocycles. The number of tetrazole rings is 1. The predicted octanol–water partition coefficient (Wildman–Crippen LogP) is 2.50. The molecule has 3 aromatic rings. The molecule has 0 spiro atoms. The Morgan fingerprint density at radius 2 is 2.00 bits per heavy atom. The summed E-state index contributed by atoms with van der Waals surface area (Å²) in [6.45, 7) is 6.14. The molecule has 0 radical (unpaired) electrons. The number of benzene rings is 1. The highest BCUT2D eigenvalue weighted by Gasteiger charge is 2.17. The van der Waals surface area contributed by atoms with Gasteiger partial charge in [-0.25, -0.2) is 9.97 Å². The maximum absolute atomic E-state index is 5.72. The molecule has 0 bridgehead atoms. The molecule has 2 N–H and O–H groups in total. The Labute approximate surface area is 138 Å². The monoisotopic (exact) mass is 327 g/mol. The molecule has 1 aromatic carbocycles. The molecule has 8 heteroatoms. The van der Waals surface area contributed by atoms with Gasteiger partial charge < -0.3 is 5.73 Å². The molecule has 0 aliphatic carbocycles. The highest BCUT2D eigenvalue weighted by atomic mass is 32.2. The number of anilines is 1. The molecule has 0 saturated heterocycles. The van der Waals surface area contributed by atoms with Gasteiger partial charge in [0, 0.05) is 6.20 Å². The highest BCUT2D eigenvalue weighted by molar-refractivity contribution is 7.99. The molecule has 0 aliphatic rings. The lowest BCUT2D eigenvalue weighted by atomic mass is 10.1. The van der Waals surface area contributed by atoms with Gasteiger partial charge in [-0.1, -0.05) is 17.8 Å². The van der Waals surface area contributed by atoms with Gasteiger partial charge in [0.25, 0.3) is 0 Å². The average molecular weight is 327 g/mol. The van der Waals surface area contributed by atoms with E-state index in [1.807, 2.05) is 13.0 Å². The van der Waals surface area contributed by atoms with Crippen LogP contribution in [0.1, 0.15) is 29.1 Å². The van der Waals surface area contributed by atoms with E-state index in [2.05, 4.69) is 51.5 Å². The Hall–Kier alpha value is -2.48. The lowest BCUT2D eigenvalue weighted by Gasteiger charge is -2.10. The van der Waals surface area contributed by atoms with Gasteiger partial charge in [0.05, 0.1) is 10.9 Å². The van der Waals surface area contributed by atoms with Crippen molar-refractivity contribution in [1.82, 2.24) is 30.2 Å². The average Bonchev–Trinajstić information content (AvgIpc) is 2.98. The van der Waals surface area contributed by atoms with Gasteiger partial charge in [-0.05, 0) is 60.5 Å². The first-order valence-electron chi connectivity index (χ1n) is 7.15. The van der Waals surface area contributed by atoms with Crippen molar-refractivity contribution < 1.29 is 0 Å². The summed E-state index contributed by atoms with van der Waals surface area (Å²) >= 11 is 1.49. The number of hydrogen-bond acceptors (Lipinski definition) is 7. The third-order valence-corrected chi connectivity index (χ3v) is 4.55. The fourth-order valence-electron chi connectivity index (χ4n) is 2.07. The summed E-state index contributed by atoms with van der Waals surface area (Å²) in [6.07, 6.45) is 1.65. The second-order valence-corrected chi connectivity index (χ2v) is 6.55. The first-order chi connectivity index (χ1) is 11.0. The molecular weight excluding hydrogens is 310 g/mol. The number of thioether (sulfide) groups is 1. The summed E-state index contributed by atoms with van der Waals surface area (Å²) in [5.41, 5.74) is 9.08. The van der Waals surface area contributed by atoms with Crippen LogP contribution < -0.4 is 5.73 Å². The summed E-state index contributed by atoms with van der Waals surface area (Å²) in [7, 11) is 0. The quantitative estimate of drug-likeness (QED) is 0.735. The molecule has 0 saturated carbocycles. The minimum Gasteiger partial charge on any atom is -0.384 e. The third-order valence-electron chi connectivity index (χ3n) is 3.52. The Morgan fingerprint density at radius 3 is 2.74 bits per heavy atom. The van der Waals surface area contributed by atoms with Crippen LogP contribution in [0.5, 0.6) is 0 Å². The summed E-state index contributed by atoms with van der Waals surface area (Å²) in [5.74, 6) is 1.11. The second-order valence-electron chi connectivity index (χ2n) is 5.24. The summed E-state index contributed by atoms with van der Waals surface area (Å²) in [5, 5.41) is 12.7. The summed E-state index contributed by atoms with van der Waals surface area (Å²) < 4.78 is 1.72. The Morgan fingerprint density at radius 1 is 1.17 bits per heavy atom. The molecule has 3 rings (SSSR count). The van der Waals surface area contributed by atoms with E-state index < -0.39 is 0 Å². The largest absolute Gasteiger partial charge is 0.384 e. The molecule has 0 unspecified atom stereocenters. The zero-order chi connectivity index (χ0) is 16.4. The lowest BCUT2D eigenvalue weighted by molar-refractivity contribution is 0.753. The molecule has 118 valence electrons. The van der Waals surface area contributed by atoms with Gasteiger partial charge in [0.2, 0.25) is 5.16 Å². The van der Waals surface area contributed by atoms with Crippen LogP contribution in [-0.2, 0) is 0 Å². The number of rotatable bonds is 4. The molecule has 1 atom stereocenters. The van der Waals surface area contributed by atoms with Crippen LogP contribution in [0.25, 0.3) is 5.69 Å². The van der Waals surface area contributed by atoms with Crippen LogP contribution in [0.3, 0.4) is 0 Å². The molecular formula is C15H17N7S. The van der Waals surface area contributed by atoms with Crippen LogP contribution in [0.15, 0.2) is 35.6 Å². The van der Waals surface area contributed by atoms with Crippen LogP contribution in [0.4, 0.5) is 5.82 Å². The smallest absolute Gasteiger partial charge is 0.214 e. The van der Waals surface area contributed by atoms with Gasteiger partial charge in [-0.2, -0.15) is 4.68 Å². The van der Waals surface area contributed by atoms with Crippen molar-refractivity contribution in [3.63, 3.8) is 0 Å². The number of nitrogens with zero attached hydrogens (tertiary/aromatic N) is 6. The van der Waals surface area contributed by atoms with E-state index in [4.69, 9.17) is 5.73 Å². The van der Waals surface area contributed by atoms with Crippen molar-refractivity contribution in [2.75, 3.05) is 5.73 Å². The molecule has 2 heterocycles. The Bertz CT molecular complexity index is 830. The van der Waals surface area contributed by atoms with Crippen LogP contribution in [0.2, 0.25) is 0 Å². The first-order valence-corrected chi connectivity index (χ1v) is 8.03. The number of nitrogen functional groups attached to an aromatic ring is 1. The zero-order valence-electron chi connectivity index (χ0n) is 13.1. The fraction of sp³-hybridized carbons (Fsp3) is 0.267. The van der Waals surface area contributed by atoms with E-state index in [0.717, 1.165) is 5.69 Å². The van der Waals surface area contributed by atoms with E-state index in [-0.39, 0.29) is 5.25 Å². The topological polar surface area (TPSA) is 95.4 Å². The molecule has 2 aromatic heterocycles. The number of aryl methyl sites for hydroxylation is 2. The van der Waals surface area contributed by atoms with Crippen molar-refractivity contribution in [3.05, 3.63) is 47.4 Å². The first kappa shape index (κ1) is 15.4. The maximum Gasteiger partial charge on any atom is 0.214 e. The molecule has 7 nitrogen and oxygen atoms in total. The number of aromatic nitrogens is 6. The minimum absolute atomic E-state index is 0.0187. The summed E-state index contributed by atoms with van der Waals surface area (Å²) in [6, 6.07) is 7.80. The van der Waals surface area contributed by atoms with Crippen molar-refractivity contribution in [2.24, 2.45) is 0 Å². The lowest BCUT2D eigenvalue weighted by Crippen LogP contribution is -2.04. The molecule has 0 fully saturated rings. The van der Waals surface area contributed by atoms with E-state index in [0.29, 0.717) is 16.8 Å². The second kappa shape index (κ2) is 6.33. The van der Waals surface area contributed by atoms with E-state index in [9.17, 15) is 0 Å². The van der Waals surface area contributed by atoms with Crippen molar-refractivity contribution in [1.29, 1.82) is 0 Å². The van der Waals surface area contributed by atoms with Crippen LogP contribution in [-0.4, -0.2) is 30.2 Å². The van der Waals surface area contributed by atoms with Crippen LogP contribution in [0, 0.1) is 13.8 Å². The standard InChI is InChI=1S/C15H17N7S/c1-9-4-5-12(8-10(9)2)22-15(19-20-21-22)23-11(3)14-17-7-6-13(16)18-14/h4-8,11H,1-3H3,(H2,16,17,18)/t11-/m0/s1. The fourth-order valence-corrected chi connectivity index (χ4v) is 2.93. The zero-order valence-corrected chi connectivity index (χ0v) is 13.9. The van der Waals surface area contributed by atoms with E-state index in [1.54, 1.807) is 16.9 Å². The van der Waals surface area contributed by atoms with Crippen LogP contribution >= 0.6 is 11.8 Å². The molecule has 23 heavy (non-hydrogen) atoms. The highest BCUT2D eigenvalue weighted by Crippen LogP contribution is 2.32. The van der Waals surface area contributed by atoms with Gasteiger partial charge in [-0.3, -0.25) is 0 Å². The Balaban J connectivity index is 1.87. The van der Waals surface area contributed by atoms with Crippen molar-refractivity contribution in [2.45, 2.75) is 31.2 Å². The third kappa shape index (κ3) is 3.31.